The Labute approximate surface area is 133 Å². The molecule has 0 unspecified atom stereocenters. The summed E-state index contributed by atoms with van der Waals surface area (Å²) in [6.45, 7) is 7.43. The normalized spacial score (nSPS) is 11.2. The Bertz CT molecular complexity index is 745. The maximum absolute atomic E-state index is 4.78. The van der Waals surface area contributed by atoms with Crippen LogP contribution in [-0.2, 0) is 6.42 Å². The minimum absolute atomic E-state index is 0.810. The van der Waals surface area contributed by atoms with Crippen molar-refractivity contribution in [2.45, 2.75) is 33.6 Å². The Morgan fingerprint density at radius 1 is 1.24 bits per heavy atom. The van der Waals surface area contributed by atoms with Gasteiger partial charge < -0.3 is 5.32 Å². The van der Waals surface area contributed by atoms with Crippen LogP contribution in [0.4, 0.5) is 5.82 Å². The van der Waals surface area contributed by atoms with E-state index in [4.69, 9.17) is 9.97 Å². The van der Waals surface area contributed by atoms with Crippen molar-refractivity contribution in [1.82, 2.24) is 9.97 Å². The van der Waals surface area contributed by atoms with Crippen LogP contribution in [0.1, 0.15) is 34.5 Å². The average Bonchev–Trinajstić information content (AvgIpc) is 3.06. The maximum Gasteiger partial charge on any atom is 0.138 e. The number of thiophene rings is 2. The number of nitrogens with zero attached hydrogens (tertiary/aromatic N) is 2. The summed E-state index contributed by atoms with van der Waals surface area (Å²) in [5, 5.41) is 6.77. The first-order valence-corrected chi connectivity index (χ1v) is 8.91. The van der Waals surface area contributed by atoms with E-state index in [1.807, 2.05) is 0 Å². The van der Waals surface area contributed by atoms with Gasteiger partial charge in [0.05, 0.1) is 5.39 Å². The molecule has 3 heterocycles. The monoisotopic (exact) mass is 317 g/mol. The summed E-state index contributed by atoms with van der Waals surface area (Å²) in [5.41, 5.74) is 1.30. The van der Waals surface area contributed by atoms with Crippen LogP contribution in [0, 0.1) is 13.8 Å². The van der Waals surface area contributed by atoms with Gasteiger partial charge in [-0.1, -0.05) is 13.0 Å². The van der Waals surface area contributed by atoms with Crippen molar-refractivity contribution in [3.8, 4) is 0 Å². The summed E-state index contributed by atoms with van der Waals surface area (Å²) in [4.78, 5) is 13.3. The van der Waals surface area contributed by atoms with E-state index in [2.05, 4.69) is 43.6 Å². The first-order valence-electron chi connectivity index (χ1n) is 7.22. The molecule has 5 heteroatoms. The van der Waals surface area contributed by atoms with E-state index in [-0.39, 0.29) is 0 Å². The number of hydrogen-bond acceptors (Lipinski definition) is 5. The largest absolute Gasteiger partial charge is 0.369 e. The van der Waals surface area contributed by atoms with Crippen LogP contribution < -0.4 is 5.32 Å². The SMILES string of the molecule is CCCNc1nc(Cc2cccs2)nc2sc(C)c(C)c12. The highest BCUT2D eigenvalue weighted by Gasteiger charge is 2.14. The molecule has 0 aliphatic carbocycles. The third-order valence-electron chi connectivity index (χ3n) is 3.53. The molecule has 3 aromatic heterocycles. The lowest BCUT2D eigenvalue weighted by atomic mass is 10.2. The van der Waals surface area contributed by atoms with Gasteiger partial charge in [0.1, 0.15) is 16.5 Å². The summed E-state index contributed by atoms with van der Waals surface area (Å²) in [5.74, 6) is 1.90. The summed E-state index contributed by atoms with van der Waals surface area (Å²) in [6.07, 6.45) is 1.90. The van der Waals surface area contributed by atoms with Gasteiger partial charge in [0.2, 0.25) is 0 Å². The second kappa shape index (κ2) is 6.12. The van der Waals surface area contributed by atoms with Gasteiger partial charge in [0.15, 0.2) is 0 Å². The summed E-state index contributed by atoms with van der Waals surface area (Å²) in [6, 6.07) is 4.22. The van der Waals surface area contributed by atoms with E-state index in [0.717, 1.165) is 35.9 Å². The highest BCUT2D eigenvalue weighted by atomic mass is 32.1. The van der Waals surface area contributed by atoms with E-state index in [0.29, 0.717) is 0 Å². The molecule has 0 atom stereocenters. The Balaban J connectivity index is 2.06. The highest BCUT2D eigenvalue weighted by Crippen LogP contribution is 2.33. The van der Waals surface area contributed by atoms with E-state index in [9.17, 15) is 0 Å². The number of fused-ring (bicyclic) bond motifs is 1. The zero-order valence-electron chi connectivity index (χ0n) is 12.6. The third kappa shape index (κ3) is 2.94. The Kier molecular flexibility index (Phi) is 4.22. The number of hydrogen-bond donors (Lipinski definition) is 1. The molecule has 3 aromatic rings. The topological polar surface area (TPSA) is 37.8 Å². The molecule has 110 valence electrons. The number of rotatable bonds is 5. The summed E-state index contributed by atoms with van der Waals surface area (Å²) >= 11 is 3.52. The quantitative estimate of drug-likeness (QED) is 0.735. The molecule has 21 heavy (non-hydrogen) atoms. The lowest BCUT2D eigenvalue weighted by Gasteiger charge is -2.08. The molecule has 1 N–H and O–H groups in total. The molecule has 0 saturated heterocycles. The fourth-order valence-electron chi connectivity index (χ4n) is 2.31. The zero-order valence-corrected chi connectivity index (χ0v) is 14.2. The van der Waals surface area contributed by atoms with E-state index in [1.165, 1.54) is 20.7 Å². The van der Waals surface area contributed by atoms with Crippen LogP contribution in [0.5, 0.6) is 0 Å². The van der Waals surface area contributed by atoms with Crippen LogP contribution in [0.15, 0.2) is 17.5 Å². The number of nitrogens with one attached hydrogen (secondary N) is 1. The molecule has 0 aromatic carbocycles. The molecule has 0 fully saturated rings. The van der Waals surface area contributed by atoms with Crippen molar-refractivity contribution in [1.29, 1.82) is 0 Å². The van der Waals surface area contributed by atoms with Gasteiger partial charge >= 0.3 is 0 Å². The van der Waals surface area contributed by atoms with Crippen molar-refractivity contribution < 1.29 is 0 Å². The molecule has 0 spiro atoms. The molecular weight excluding hydrogens is 298 g/mol. The first-order chi connectivity index (χ1) is 10.2. The second-order valence-corrected chi connectivity index (χ2v) is 7.37. The molecule has 0 bridgehead atoms. The van der Waals surface area contributed by atoms with E-state index in [1.54, 1.807) is 22.7 Å². The van der Waals surface area contributed by atoms with Crippen LogP contribution in [0.3, 0.4) is 0 Å². The van der Waals surface area contributed by atoms with Gasteiger partial charge in [0, 0.05) is 22.7 Å². The van der Waals surface area contributed by atoms with E-state index < -0.39 is 0 Å². The zero-order chi connectivity index (χ0) is 14.8. The van der Waals surface area contributed by atoms with Crippen LogP contribution in [-0.4, -0.2) is 16.5 Å². The minimum atomic E-state index is 0.810. The predicted octanol–water partition coefficient (Wildman–Crippen LogP) is 4.78. The average molecular weight is 317 g/mol. The van der Waals surface area contributed by atoms with Crippen molar-refractivity contribution >= 4 is 38.7 Å². The Morgan fingerprint density at radius 2 is 2.10 bits per heavy atom. The second-order valence-electron chi connectivity index (χ2n) is 5.13. The van der Waals surface area contributed by atoms with Crippen molar-refractivity contribution in [2.75, 3.05) is 11.9 Å². The lowest BCUT2D eigenvalue weighted by Crippen LogP contribution is -2.06. The van der Waals surface area contributed by atoms with Crippen LogP contribution >= 0.6 is 22.7 Å². The third-order valence-corrected chi connectivity index (χ3v) is 5.51. The first kappa shape index (κ1) is 14.5. The fraction of sp³-hybridized carbons (Fsp3) is 0.375. The van der Waals surface area contributed by atoms with Gasteiger partial charge in [-0.25, -0.2) is 9.97 Å². The van der Waals surface area contributed by atoms with Crippen molar-refractivity contribution in [3.05, 3.63) is 38.7 Å². The van der Waals surface area contributed by atoms with Gasteiger partial charge in [-0.05, 0) is 37.3 Å². The fourth-order valence-corrected chi connectivity index (χ4v) is 4.06. The number of anilines is 1. The Morgan fingerprint density at radius 3 is 2.81 bits per heavy atom. The molecular formula is C16H19N3S2. The molecule has 0 aliphatic rings. The number of aromatic nitrogens is 2. The maximum atomic E-state index is 4.78. The van der Waals surface area contributed by atoms with Gasteiger partial charge in [-0.15, -0.1) is 22.7 Å². The van der Waals surface area contributed by atoms with Crippen LogP contribution in [0.2, 0.25) is 0 Å². The smallest absolute Gasteiger partial charge is 0.138 e. The molecule has 0 radical (unpaired) electrons. The molecule has 0 aliphatic heterocycles. The predicted molar refractivity (Wildman–Crippen MR) is 92.8 cm³/mol. The molecule has 3 nitrogen and oxygen atoms in total. The van der Waals surface area contributed by atoms with Gasteiger partial charge in [0.25, 0.3) is 0 Å². The van der Waals surface area contributed by atoms with E-state index >= 15 is 0 Å². The Hall–Kier alpha value is -1.46. The van der Waals surface area contributed by atoms with Gasteiger partial charge in [-0.2, -0.15) is 0 Å². The summed E-state index contributed by atoms with van der Waals surface area (Å²) < 4.78 is 0. The molecule has 3 rings (SSSR count). The van der Waals surface area contributed by atoms with Crippen LogP contribution in [0.25, 0.3) is 10.2 Å². The van der Waals surface area contributed by atoms with Gasteiger partial charge in [-0.3, -0.25) is 0 Å². The minimum Gasteiger partial charge on any atom is -0.369 e. The highest BCUT2D eigenvalue weighted by molar-refractivity contribution is 7.18. The standard InChI is InChI=1S/C16H19N3S2/c1-4-7-17-15-14-10(2)11(3)21-16(14)19-13(18-15)9-12-6-5-8-20-12/h5-6,8H,4,7,9H2,1-3H3,(H,17,18,19). The number of aryl methyl sites for hydroxylation is 2. The lowest BCUT2D eigenvalue weighted by molar-refractivity contribution is 0.951. The molecule has 0 saturated carbocycles. The van der Waals surface area contributed by atoms with Crippen molar-refractivity contribution in [3.63, 3.8) is 0 Å². The summed E-state index contributed by atoms with van der Waals surface area (Å²) in [7, 11) is 0. The molecule has 0 amide bonds. The van der Waals surface area contributed by atoms with Crippen molar-refractivity contribution in [2.24, 2.45) is 0 Å².